The van der Waals surface area contributed by atoms with Crippen LogP contribution in [0.4, 0.5) is 5.13 Å². The number of carboxylic acid groups (broad SMARTS) is 1. The van der Waals surface area contributed by atoms with Gasteiger partial charge in [-0.25, -0.2) is 4.98 Å². The Labute approximate surface area is 124 Å². The normalized spacial score (nSPS) is 11.0. The van der Waals surface area contributed by atoms with Crippen molar-refractivity contribution in [2.24, 2.45) is 5.10 Å². The van der Waals surface area contributed by atoms with Crippen LogP contribution in [0.2, 0.25) is 0 Å². The monoisotopic (exact) mass is 296 g/mol. The molecular weight excluding hydrogens is 286 g/mol. The molecule has 1 heterocycles. The summed E-state index contributed by atoms with van der Waals surface area (Å²) in [5.41, 5.74) is 4.29. The van der Waals surface area contributed by atoms with Gasteiger partial charge >= 0.3 is 0 Å². The highest BCUT2D eigenvalue weighted by atomic mass is 32.1. The molecule has 104 valence electrons. The average Bonchev–Trinajstić information content (AvgIpc) is 2.90. The van der Waals surface area contributed by atoms with Crippen LogP contribution < -0.4 is 10.5 Å². The van der Waals surface area contributed by atoms with E-state index < -0.39 is 5.97 Å². The molecule has 2 aromatic carbocycles. The first kappa shape index (κ1) is 13.3. The highest BCUT2D eigenvalue weighted by Gasteiger charge is 2.02. The Bertz CT molecular complexity index is 793. The average molecular weight is 296 g/mol. The van der Waals surface area contributed by atoms with Gasteiger partial charge in [0.1, 0.15) is 0 Å². The molecule has 1 N–H and O–H groups in total. The molecule has 0 fully saturated rings. The summed E-state index contributed by atoms with van der Waals surface area (Å²) in [6.45, 7) is 0. The van der Waals surface area contributed by atoms with Gasteiger partial charge in [0.15, 0.2) is 0 Å². The highest BCUT2D eigenvalue weighted by Crippen LogP contribution is 2.25. The Morgan fingerprint density at radius 3 is 2.76 bits per heavy atom. The summed E-state index contributed by atoms with van der Waals surface area (Å²) >= 11 is 1.48. The van der Waals surface area contributed by atoms with E-state index in [2.05, 4.69) is 15.5 Å². The zero-order valence-corrected chi connectivity index (χ0v) is 11.6. The summed E-state index contributed by atoms with van der Waals surface area (Å²) in [7, 11) is 0. The Balaban J connectivity index is 1.79. The summed E-state index contributed by atoms with van der Waals surface area (Å²) in [5.74, 6) is -1.22. The molecule has 6 heteroatoms. The van der Waals surface area contributed by atoms with Gasteiger partial charge in [-0.2, -0.15) is 5.10 Å². The summed E-state index contributed by atoms with van der Waals surface area (Å²) in [6.07, 6.45) is 1.44. The number of hydrogen-bond acceptors (Lipinski definition) is 6. The molecule has 0 aliphatic rings. The van der Waals surface area contributed by atoms with Crippen molar-refractivity contribution in [3.63, 3.8) is 0 Å². The van der Waals surface area contributed by atoms with E-state index >= 15 is 0 Å². The van der Waals surface area contributed by atoms with Gasteiger partial charge in [-0.05, 0) is 12.1 Å². The number of anilines is 1. The summed E-state index contributed by atoms with van der Waals surface area (Å²) < 4.78 is 1.06. The van der Waals surface area contributed by atoms with Gasteiger partial charge < -0.3 is 9.90 Å². The van der Waals surface area contributed by atoms with E-state index in [1.807, 2.05) is 24.3 Å². The molecule has 0 aliphatic carbocycles. The number of carbonyl (C=O) groups excluding carboxylic acids is 1. The molecule has 0 amide bonds. The maximum atomic E-state index is 11.0. The standard InChI is InChI=1S/C15H11N3O2S/c19-14(20)11-6-2-1-5-10(11)9-16-18-15-17-12-7-3-4-8-13(12)21-15/h1-9H,(H,17,18)(H,19,20)/p-1/b16-9+. The molecule has 0 unspecified atom stereocenters. The largest absolute Gasteiger partial charge is 0.545 e. The van der Waals surface area contributed by atoms with Gasteiger partial charge in [-0.15, -0.1) is 0 Å². The van der Waals surface area contributed by atoms with Crippen LogP contribution in [-0.4, -0.2) is 17.2 Å². The SMILES string of the molecule is O=C([O-])c1ccccc1/C=N/Nc1nc2ccccc2s1. The van der Waals surface area contributed by atoms with Crippen molar-refractivity contribution in [1.82, 2.24) is 4.98 Å². The molecule has 0 bridgehead atoms. The van der Waals surface area contributed by atoms with Gasteiger partial charge in [0.2, 0.25) is 5.13 Å². The molecule has 0 radical (unpaired) electrons. The van der Waals surface area contributed by atoms with Crippen molar-refractivity contribution in [3.05, 3.63) is 59.7 Å². The zero-order chi connectivity index (χ0) is 14.7. The lowest BCUT2D eigenvalue weighted by Crippen LogP contribution is -2.23. The lowest BCUT2D eigenvalue weighted by atomic mass is 10.1. The number of aromatic nitrogens is 1. The molecule has 3 rings (SSSR count). The fourth-order valence-corrected chi connectivity index (χ4v) is 2.69. The van der Waals surface area contributed by atoms with Crippen LogP contribution in [0.15, 0.2) is 53.6 Å². The van der Waals surface area contributed by atoms with Gasteiger partial charge in [0.25, 0.3) is 0 Å². The first-order valence-electron chi connectivity index (χ1n) is 6.19. The Kier molecular flexibility index (Phi) is 3.61. The number of para-hydroxylation sites is 1. The number of fused-ring (bicyclic) bond motifs is 1. The van der Waals surface area contributed by atoms with Crippen LogP contribution >= 0.6 is 11.3 Å². The Hall–Kier alpha value is -2.73. The van der Waals surface area contributed by atoms with Crippen LogP contribution in [-0.2, 0) is 0 Å². The highest BCUT2D eigenvalue weighted by molar-refractivity contribution is 7.22. The first-order chi connectivity index (χ1) is 10.2. The molecule has 0 atom stereocenters. The molecule has 0 spiro atoms. The minimum absolute atomic E-state index is 0.104. The number of hydrogen-bond donors (Lipinski definition) is 1. The fraction of sp³-hybridized carbons (Fsp3) is 0. The third-order valence-corrected chi connectivity index (χ3v) is 3.78. The molecule has 3 aromatic rings. The van der Waals surface area contributed by atoms with Crippen molar-refractivity contribution in [1.29, 1.82) is 0 Å². The lowest BCUT2D eigenvalue weighted by molar-refractivity contribution is -0.255. The fourth-order valence-electron chi connectivity index (χ4n) is 1.87. The number of nitrogens with zero attached hydrogens (tertiary/aromatic N) is 2. The molecule has 0 saturated carbocycles. The van der Waals surface area contributed by atoms with Crippen molar-refractivity contribution in [3.8, 4) is 0 Å². The first-order valence-corrected chi connectivity index (χ1v) is 7.01. The van der Waals surface area contributed by atoms with Crippen LogP contribution in [0.25, 0.3) is 10.2 Å². The number of thiazole rings is 1. The van der Waals surface area contributed by atoms with E-state index in [1.165, 1.54) is 23.6 Å². The second-order valence-corrected chi connectivity index (χ2v) is 5.26. The van der Waals surface area contributed by atoms with Gasteiger partial charge in [0, 0.05) is 11.1 Å². The molecule has 21 heavy (non-hydrogen) atoms. The van der Waals surface area contributed by atoms with Crippen LogP contribution in [0.1, 0.15) is 15.9 Å². The second-order valence-electron chi connectivity index (χ2n) is 4.23. The van der Waals surface area contributed by atoms with Crippen LogP contribution in [0.5, 0.6) is 0 Å². The van der Waals surface area contributed by atoms with Gasteiger partial charge in [0.05, 0.1) is 22.4 Å². The number of aromatic carboxylic acids is 1. The third-order valence-electron chi connectivity index (χ3n) is 2.84. The number of carbonyl (C=O) groups is 1. The van der Waals surface area contributed by atoms with Crippen LogP contribution in [0, 0.1) is 0 Å². The quantitative estimate of drug-likeness (QED) is 0.591. The number of carboxylic acids is 1. The third kappa shape index (κ3) is 2.90. The lowest BCUT2D eigenvalue weighted by Gasteiger charge is -2.05. The molecule has 5 nitrogen and oxygen atoms in total. The number of hydrazone groups is 1. The summed E-state index contributed by atoms with van der Waals surface area (Å²) in [5, 5.41) is 15.7. The number of benzene rings is 2. The summed E-state index contributed by atoms with van der Waals surface area (Å²) in [6, 6.07) is 14.3. The minimum Gasteiger partial charge on any atom is -0.545 e. The predicted octanol–water partition coefficient (Wildman–Crippen LogP) is 2.11. The van der Waals surface area contributed by atoms with E-state index in [1.54, 1.807) is 18.2 Å². The maximum Gasteiger partial charge on any atom is 0.204 e. The van der Waals surface area contributed by atoms with Gasteiger partial charge in [-0.1, -0.05) is 47.7 Å². The van der Waals surface area contributed by atoms with E-state index in [-0.39, 0.29) is 5.56 Å². The van der Waals surface area contributed by atoms with E-state index in [9.17, 15) is 9.90 Å². The van der Waals surface area contributed by atoms with Crippen molar-refractivity contribution < 1.29 is 9.90 Å². The Morgan fingerprint density at radius 1 is 1.19 bits per heavy atom. The topological polar surface area (TPSA) is 77.4 Å². The number of rotatable bonds is 4. The zero-order valence-electron chi connectivity index (χ0n) is 10.8. The van der Waals surface area contributed by atoms with Crippen molar-refractivity contribution >= 4 is 38.9 Å². The van der Waals surface area contributed by atoms with E-state index in [4.69, 9.17) is 0 Å². The van der Waals surface area contributed by atoms with Gasteiger partial charge in [-0.3, -0.25) is 5.43 Å². The van der Waals surface area contributed by atoms with Crippen LogP contribution in [0.3, 0.4) is 0 Å². The second kappa shape index (κ2) is 5.72. The maximum absolute atomic E-state index is 11.0. The minimum atomic E-state index is -1.22. The van der Waals surface area contributed by atoms with Crippen molar-refractivity contribution in [2.75, 3.05) is 5.43 Å². The summed E-state index contributed by atoms with van der Waals surface area (Å²) in [4.78, 5) is 15.3. The van der Waals surface area contributed by atoms with Crippen molar-refractivity contribution in [2.45, 2.75) is 0 Å². The molecule has 1 aromatic heterocycles. The molecule has 0 saturated heterocycles. The van der Waals surface area contributed by atoms with E-state index in [0.29, 0.717) is 10.7 Å². The van der Waals surface area contributed by atoms with E-state index in [0.717, 1.165) is 10.2 Å². The number of nitrogens with one attached hydrogen (secondary N) is 1. The predicted molar refractivity (Wildman–Crippen MR) is 81.6 cm³/mol. The smallest absolute Gasteiger partial charge is 0.204 e. The molecule has 0 aliphatic heterocycles. The molecular formula is C15H10N3O2S-. The Morgan fingerprint density at radius 2 is 1.95 bits per heavy atom.